The number of aromatic amines is 1. The molecule has 5 rings (SSSR count). The molecule has 2 heterocycles. The largest absolute Gasteiger partial charge is 0.416 e. The van der Waals surface area contributed by atoms with Crippen molar-refractivity contribution < 1.29 is 36.0 Å². The fourth-order valence-corrected chi connectivity index (χ4v) is 5.78. The lowest BCUT2D eigenvalue weighted by Crippen LogP contribution is -2.54. The first kappa shape index (κ1) is 34.8. The highest BCUT2D eigenvalue weighted by Crippen LogP contribution is 2.37. The molecule has 0 saturated carbocycles. The Labute approximate surface area is 274 Å². The van der Waals surface area contributed by atoms with E-state index in [9.17, 15) is 31.1 Å². The Morgan fingerprint density at radius 2 is 1.60 bits per heavy atom. The van der Waals surface area contributed by atoms with Gasteiger partial charge in [-0.3, -0.25) is 15.1 Å². The maximum Gasteiger partial charge on any atom is 0.416 e. The lowest BCUT2D eigenvalue weighted by atomic mass is 9.98. The van der Waals surface area contributed by atoms with Crippen LogP contribution < -0.4 is 5.48 Å². The standard InChI is InChI=1S/C35H37F6N5O2/c1-44(2)13-8-16-48-43-32(24-9-4-3-5-10-24)23-45-14-15-46(29(22-45)19-26-21-42-31-12-7-6-11-30(26)31)33(47)25-17-27(34(36,37)38)20-28(18-25)35(39,40)41/h3-7,9-12,17-18,20-21,23,29,42-43H,8,13-16,19,22H2,1-2H3/t29-/m1/s1. The first-order valence-corrected chi connectivity index (χ1v) is 15.5. The molecular formula is C35H37F6N5O2. The van der Waals surface area contributed by atoms with Crippen molar-refractivity contribution in [2.45, 2.75) is 31.2 Å². The van der Waals surface area contributed by atoms with Crippen molar-refractivity contribution in [3.63, 3.8) is 0 Å². The molecule has 3 aromatic carbocycles. The summed E-state index contributed by atoms with van der Waals surface area (Å²) in [6.07, 6.45) is -5.36. The summed E-state index contributed by atoms with van der Waals surface area (Å²) in [6, 6.07) is 17.5. The quantitative estimate of drug-likeness (QED) is 0.102. The van der Waals surface area contributed by atoms with Crippen LogP contribution in [0.15, 0.2) is 85.2 Å². The molecule has 13 heteroatoms. The van der Waals surface area contributed by atoms with Gasteiger partial charge in [0.15, 0.2) is 0 Å². The average molecular weight is 674 g/mol. The molecule has 256 valence electrons. The highest BCUT2D eigenvalue weighted by atomic mass is 19.4. The summed E-state index contributed by atoms with van der Waals surface area (Å²) >= 11 is 0. The summed E-state index contributed by atoms with van der Waals surface area (Å²) in [4.78, 5) is 28.3. The van der Waals surface area contributed by atoms with Crippen molar-refractivity contribution in [2.24, 2.45) is 0 Å². The SMILES string of the molecule is CN(C)CCCONC(=CN1CCN(C(=O)c2cc(C(F)(F)F)cc(C(F)(F)F)c2)[C@H](Cc2c[nH]c3ccccc23)C1)c1ccccc1. The van der Waals surface area contributed by atoms with Gasteiger partial charge in [0.1, 0.15) is 0 Å². The lowest BCUT2D eigenvalue weighted by molar-refractivity contribution is -0.143. The fraction of sp³-hybridized carbons (Fsp3) is 0.343. The van der Waals surface area contributed by atoms with Crippen LogP contribution >= 0.6 is 0 Å². The Morgan fingerprint density at radius 1 is 0.938 bits per heavy atom. The second kappa shape index (κ2) is 14.7. The van der Waals surface area contributed by atoms with E-state index in [4.69, 9.17) is 4.84 Å². The summed E-state index contributed by atoms with van der Waals surface area (Å²) in [7, 11) is 3.95. The number of aromatic nitrogens is 1. The van der Waals surface area contributed by atoms with E-state index in [1.54, 1.807) is 0 Å². The van der Waals surface area contributed by atoms with Gasteiger partial charge >= 0.3 is 12.4 Å². The first-order valence-electron chi connectivity index (χ1n) is 15.5. The van der Waals surface area contributed by atoms with E-state index in [1.165, 1.54) is 4.90 Å². The van der Waals surface area contributed by atoms with Crippen LogP contribution in [-0.4, -0.2) is 78.5 Å². The third-order valence-electron chi connectivity index (χ3n) is 8.17. The van der Waals surface area contributed by atoms with E-state index in [0.717, 1.165) is 35.0 Å². The Bertz CT molecular complexity index is 1690. The van der Waals surface area contributed by atoms with Crippen LogP contribution in [0.25, 0.3) is 16.6 Å². The zero-order valence-corrected chi connectivity index (χ0v) is 26.5. The van der Waals surface area contributed by atoms with Crippen molar-refractivity contribution >= 4 is 22.5 Å². The van der Waals surface area contributed by atoms with Gasteiger partial charge in [0, 0.05) is 54.1 Å². The Kier molecular flexibility index (Phi) is 10.7. The zero-order valence-electron chi connectivity index (χ0n) is 26.5. The molecule has 48 heavy (non-hydrogen) atoms. The monoisotopic (exact) mass is 673 g/mol. The van der Waals surface area contributed by atoms with Gasteiger partial charge in [-0.15, -0.1) is 0 Å². The number of carbonyl (C=O) groups is 1. The number of fused-ring (bicyclic) bond motifs is 1. The third kappa shape index (κ3) is 8.70. The minimum Gasteiger partial charge on any atom is -0.372 e. The number of nitrogens with zero attached hydrogens (tertiary/aromatic N) is 3. The van der Waals surface area contributed by atoms with Crippen molar-refractivity contribution in [2.75, 3.05) is 46.9 Å². The molecule has 1 aromatic heterocycles. The molecule has 2 N–H and O–H groups in total. The fourth-order valence-electron chi connectivity index (χ4n) is 5.78. The maximum absolute atomic E-state index is 13.9. The lowest BCUT2D eigenvalue weighted by Gasteiger charge is -2.41. The zero-order chi connectivity index (χ0) is 34.5. The number of hydrogen-bond acceptors (Lipinski definition) is 5. The van der Waals surface area contributed by atoms with Gasteiger partial charge in [0.25, 0.3) is 5.91 Å². The third-order valence-corrected chi connectivity index (χ3v) is 8.17. The van der Waals surface area contributed by atoms with E-state index in [-0.39, 0.29) is 25.7 Å². The molecule has 0 bridgehead atoms. The number of halogens is 6. The molecular weight excluding hydrogens is 636 g/mol. The van der Waals surface area contributed by atoms with Crippen LogP contribution in [-0.2, 0) is 23.6 Å². The minimum atomic E-state index is -5.07. The summed E-state index contributed by atoms with van der Waals surface area (Å²) in [5.41, 5.74) is 2.57. The predicted octanol–water partition coefficient (Wildman–Crippen LogP) is 7.05. The Hall–Kier alpha value is -4.49. The number of benzene rings is 3. The molecule has 1 saturated heterocycles. The van der Waals surface area contributed by atoms with Gasteiger partial charge in [0.2, 0.25) is 0 Å². The highest BCUT2D eigenvalue weighted by molar-refractivity contribution is 5.95. The number of hydrogen-bond donors (Lipinski definition) is 2. The Morgan fingerprint density at radius 3 is 2.27 bits per heavy atom. The van der Waals surface area contributed by atoms with Crippen molar-refractivity contribution in [1.29, 1.82) is 0 Å². The van der Waals surface area contributed by atoms with Crippen LogP contribution in [0.5, 0.6) is 0 Å². The van der Waals surface area contributed by atoms with Crippen molar-refractivity contribution in [1.82, 2.24) is 25.2 Å². The summed E-state index contributed by atoms with van der Waals surface area (Å²) in [5.74, 6) is -0.897. The molecule has 0 unspecified atom stereocenters. The average Bonchev–Trinajstić information content (AvgIpc) is 3.45. The van der Waals surface area contributed by atoms with E-state index in [2.05, 4.69) is 15.4 Å². The van der Waals surface area contributed by atoms with Crippen LogP contribution in [0.4, 0.5) is 26.3 Å². The first-order chi connectivity index (χ1) is 22.8. The smallest absolute Gasteiger partial charge is 0.372 e. The molecule has 7 nitrogen and oxygen atoms in total. The van der Waals surface area contributed by atoms with Crippen LogP contribution in [0.2, 0.25) is 0 Å². The van der Waals surface area contributed by atoms with E-state index in [0.29, 0.717) is 30.9 Å². The number of piperazine rings is 1. The van der Waals surface area contributed by atoms with Gasteiger partial charge in [0.05, 0.1) is 29.5 Å². The molecule has 0 aliphatic carbocycles. The number of rotatable bonds is 11. The highest BCUT2D eigenvalue weighted by Gasteiger charge is 2.39. The predicted molar refractivity (Wildman–Crippen MR) is 172 cm³/mol. The second-order valence-electron chi connectivity index (χ2n) is 12.0. The molecule has 1 aliphatic rings. The molecule has 0 spiro atoms. The van der Waals surface area contributed by atoms with Gasteiger partial charge in [-0.05, 0) is 63.3 Å². The van der Waals surface area contributed by atoms with Gasteiger partial charge < -0.3 is 19.7 Å². The molecule has 1 amide bonds. The van der Waals surface area contributed by atoms with Gasteiger partial charge in [-0.1, -0.05) is 48.5 Å². The second-order valence-corrected chi connectivity index (χ2v) is 12.0. The number of H-pyrrole nitrogens is 1. The molecule has 4 aromatic rings. The molecule has 1 aliphatic heterocycles. The minimum absolute atomic E-state index is 0.0314. The Balaban J connectivity index is 1.46. The molecule has 1 fully saturated rings. The summed E-state index contributed by atoms with van der Waals surface area (Å²) in [6.45, 7) is 1.89. The van der Waals surface area contributed by atoms with Crippen LogP contribution in [0.1, 0.15) is 39.0 Å². The number of para-hydroxylation sites is 1. The van der Waals surface area contributed by atoms with Gasteiger partial charge in [-0.25, -0.2) is 0 Å². The molecule has 0 radical (unpaired) electrons. The number of nitrogens with one attached hydrogen (secondary N) is 2. The van der Waals surface area contributed by atoms with E-state index < -0.39 is 41.0 Å². The normalized spacial score (nSPS) is 16.2. The van der Waals surface area contributed by atoms with Crippen molar-refractivity contribution in [3.05, 3.63) is 113 Å². The maximum atomic E-state index is 13.9. The van der Waals surface area contributed by atoms with Crippen LogP contribution in [0, 0.1) is 0 Å². The van der Waals surface area contributed by atoms with Gasteiger partial charge in [-0.2, -0.15) is 26.3 Å². The van der Waals surface area contributed by atoms with E-state index in [1.807, 2.05) is 86.0 Å². The molecule has 1 atom stereocenters. The topological polar surface area (TPSA) is 63.8 Å². The number of amides is 1. The number of carbonyl (C=O) groups excluding carboxylic acids is 1. The summed E-state index contributed by atoms with van der Waals surface area (Å²) in [5, 5.41) is 0.911. The van der Waals surface area contributed by atoms with Crippen LogP contribution in [0.3, 0.4) is 0 Å². The van der Waals surface area contributed by atoms with Crippen molar-refractivity contribution in [3.8, 4) is 0 Å². The number of alkyl halides is 6. The summed E-state index contributed by atoms with van der Waals surface area (Å²) < 4.78 is 82.0. The van der Waals surface area contributed by atoms with E-state index >= 15 is 0 Å². The number of hydroxylamine groups is 1.